The van der Waals surface area contributed by atoms with Crippen LogP contribution in [-0.2, 0) is 16.1 Å². The first kappa shape index (κ1) is 15.6. The molecular weight excluding hydrogens is 244 g/mol. The highest BCUT2D eigenvalue weighted by Crippen LogP contribution is 2.06. The summed E-state index contributed by atoms with van der Waals surface area (Å²) in [5.74, 6) is -0.217. The molecule has 5 heteroatoms. The summed E-state index contributed by atoms with van der Waals surface area (Å²) >= 11 is 0. The number of carbonyl (C=O) groups excluding carboxylic acids is 1. The number of benzene rings is 1. The summed E-state index contributed by atoms with van der Waals surface area (Å²) in [6.07, 6.45) is 1.40. The number of carbonyl (C=O) groups is 1. The van der Waals surface area contributed by atoms with Gasteiger partial charge in [-0.2, -0.15) is 0 Å². The van der Waals surface area contributed by atoms with E-state index in [2.05, 4.69) is 0 Å². The molecule has 0 fully saturated rings. The third-order valence-electron chi connectivity index (χ3n) is 2.85. The normalized spacial score (nSPS) is 13.8. The number of esters is 1. The maximum Gasteiger partial charge on any atom is 0.306 e. The van der Waals surface area contributed by atoms with Crippen LogP contribution in [0, 0.1) is 0 Å². The summed E-state index contributed by atoms with van der Waals surface area (Å²) in [5.41, 5.74) is 11.8. The number of aliphatic hydroxyl groups is 1. The summed E-state index contributed by atoms with van der Waals surface area (Å²) in [5, 5.41) is 9.00. The molecule has 0 aliphatic rings. The smallest absolute Gasteiger partial charge is 0.306 e. The number of hydrogen-bond acceptors (Lipinski definition) is 5. The lowest BCUT2D eigenvalue weighted by molar-refractivity contribution is -0.145. The van der Waals surface area contributed by atoms with Crippen molar-refractivity contribution in [1.29, 1.82) is 0 Å². The first-order valence-corrected chi connectivity index (χ1v) is 6.48. The molecule has 1 aromatic rings. The molecule has 1 rings (SSSR count). The third-order valence-corrected chi connectivity index (χ3v) is 2.85. The number of rotatable bonds is 8. The maximum absolute atomic E-state index is 11.5. The van der Waals surface area contributed by atoms with Crippen LogP contribution >= 0.6 is 0 Å². The van der Waals surface area contributed by atoms with E-state index in [0.29, 0.717) is 25.9 Å². The lowest BCUT2D eigenvalue weighted by Gasteiger charge is -2.13. The predicted octanol–water partition coefficient (Wildman–Crippen LogP) is 0.895. The molecule has 1 unspecified atom stereocenters. The fourth-order valence-corrected chi connectivity index (χ4v) is 1.63. The van der Waals surface area contributed by atoms with Gasteiger partial charge in [0.1, 0.15) is 12.8 Å². The zero-order valence-electron chi connectivity index (χ0n) is 11.0. The zero-order valence-corrected chi connectivity index (χ0v) is 11.0. The van der Waals surface area contributed by atoms with Crippen LogP contribution in [0.4, 0.5) is 0 Å². The van der Waals surface area contributed by atoms with Gasteiger partial charge in [-0.3, -0.25) is 4.79 Å². The van der Waals surface area contributed by atoms with Crippen LogP contribution < -0.4 is 11.5 Å². The monoisotopic (exact) mass is 266 g/mol. The van der Waals surface area contributed by atoms with Crippen molar-refractivity contribution in [1.82, 2.24) is 0 Å². The highest BCUT2D eigenvalue weighted by molar-refractivity contribution is 5.69. The van der Waals surface area contributed by atoms with Gasteiger partial charge in [-0.25, -0.2) is 0 Å². The van der Waals surface area contributed by atoms with Gasteiger partial charge in [0, 0.05) is 12.5 Å². The van der Waals surface area contributed by atoms with Gasteiger partial charge in [-0.05, 0) is 18.4 Å². The van der Waals surface area contributed by atoms with E-state index in [1.165, 1.54) is 0 Å². The molecule has 19 heavy (non-hydrogen) atoms. The van der Waals surface area contributed by atoms with E-state index < -0.39 is 12.3 Å². The average Bonchev–Trinajstić information content (AvgIpc) is 2.42. The third kappa shape index (κ3) is 6.91. The van der Waals surface area contributed by atoms with Crippen molar-refractivity contribution in [3.63, 3.8) is 0 Å². The van der Waals surface area contributed by atoms with Crippen LogP contribution in [0.1, 0.15) is 31.2 Å². The van der Waals surface area contributed by atoms with Crippen molar-refractivity contribution in [2.24, 2.45) is 11.5 Å². The minimum absolute atomic E-state index is 0.217. The van der Waals surface area contributed by atoms with Gasteiger partial charge in [0.25, 0.3) is 0 Å². The van der Waals surface area contributed by atoms with E-state index in [9.17, 15) is 4.79 Å². The largest absolute Gasteiger partial charge is 0.461 e. The van der Waals surface area contributed by atoms with Gasteiger partial charge in [0.2, 0.25) is 0 Å². The molecule has 0 radical (unpaired) electrons. The highest BCUT2D eigenvalue weighted by atomic mass is 16.5. The Hall–Kier alpha value is -1.43. The number of ether oxygens (including phenoxy) is 1. The Bertz CT molecular complexity index is 368. The molecule has 0 saturated heterocycles. The van der Waals surface area contributed by atoms with Crippen molar-refractivity contribution in [2.75, 3.05) is 0 Å². The number of hydrogen-bond donors (Lipinski definition) is 3. The van der Waals surface area contributed by atoms with E-state index >= 15 is 0 Å². The fraction of sp³-hybridized carbons (Fsp3) is 0.500. The number of nitrogens with two attached hydrogens (primary N) is 2. The topological polar surface area (TPSA) is 98.6 Å². The van der Waals surface area contributed by atoms with E-state index in [0.717, 1.165) is 12.0 Å². The average molecular weight is 266 g/mol. The molecule has 0 spiro atoms. The quantitative estimate of drug-likeness (QED) is 0.369. The first-order chi connectivity index (χ1) is 9.09. The summed E-state index contributed by atoms with van der Waals surface area (Å²) < 4.78 is 5.14. The Labute approximate surface area is 113 Å². The lowest BCUT2D eigenvalue weighted by Crippen LogP contribution is -2.40. The van der Waals surface area contributed by atoms with E-state index in [4.69, 9.17) is 21.3 Å². The van der Waals surface area contributed by atoms with Gasteiger partial charge in [0.15, 0.2) is 0 Å². The Balaban J connectivity index is 2.09. The SMILES string of the molecule is NC(CCCCC(=O)OCc1ccccc1)[C@@H](N)O. The Kier molecular flexibility index (Phi) is 7.10. The molecule has 1 aromatic carbocycles. The standard InChI is InChI=1S/C14H22N2O3/c15-12(14(16)18)8-4-5-9-13(17)19-10-11-6-2-1-3-7-11/h1-3,6-7,12,14,18H,4-5,8-10,15-16H2/t12?,14-/m0/s1. The van der Waals surface area contributed by atoms with Gasteiger partial charge >= 0.3 is 5.97 Å². The van der Waals surface area contributed by atoms with Crippen molar-refractivity contribution in [3.05, 3.63) is 35.9 Å². The summed E-state index contributed by atoms with van der Waals surface area (Å²) in [4.78, 5) is 11.5. The second kappa shape index (κ2) is 8.63. The molecule has 0 bridgehead atoms. The minimum Gasteiger partial charge on any atom is -0.461 e. The van der Waals surface area contributed by atoms with Gasteiger partial charge in [-0.1, -0.05) is 36.8 Å². The molecule has 0 aliphatic carbocycles. The Morgan fingerprint density at radius 1 is 1.21 bits per heavy atom. The van der Waals surface area contributed by atoms with Crippen LogP contribution in [0.5, 0.6) is 0 Å². The summed E-state index contributed by atoms with van der Waals surface area (Å²) in [6, 6.07) is 9.12. The van der Waals surface area contributed by atoms with Gasteiger partial charge in [0.05, 0.1) is 0 Å². The fourth-order valence-electron chi connectivity index (χ4n) is 1.63. The summed E-state index contributed by atoms with van der Waals surface area (Å²) in [7, 11) is 0. The second-order valence-corrected chi connectivity index (χ2v) is 4.55. The van der Waals surface area contributed by atoms with Crippen molar-refractivity contribution in [2.45, 2.75) is 44.6 Å². The van der Waals surface area contributed by atoms with E-state index in [1.807, 2.05) is 30.3 Å². The van der Waals surface area contributed by atoms with Gasteiger partial charge in [-0.15, -0.1) is 0 Å². The second-order valence-electron chi connectivity index (χ2n) is 4.55. The summed E-state index contributed by atoms with van der Waals surface area (Å²) in [6.45, 7) is 0.306. The van der Waals surface area contributed by atoms with Crippen LogP contribution in [0.3, 0.4) is 0 Å². The van der Waals surface area contributed by atoms with Crippen LogP contribution in [0.25, 0.3) is 0 Å². The zero-order chi connectivity index (χ0) is 14.1. The van der Waals surface area contributed by atoms with Crippen molar-refractivity contribution in [3.8, 4) is 0 Å². The Morgan fingerprint density at radius 3 is 2.53 bits per heavy atom. The Morgan fingerprint density at radius 2 is 1.89 bits per heavy atom. The lowest BCUT2D eigenvalue weighted by atomic mass is 10.1. The van der Waals surface area contributed by atoms with Crippen LogP contribution in [-0.4, -0.2) is 23.3 Å². The van der Waals surface area contributed by atoms with E-state index in [1.54, 1.807) is 0 Å². The molecular formula is C14H22N2O3. The molecule has 0 saturated carbocycles. The van der Waals surface area contributed by atoms with Crippen LogP contribution in [0.15, 0.2) is 30.3 Å². The van der Waals surface area contributed by atoms with Crippen LogP contribution in [0.2, 0.25) is 0 Å². The van der Waals surface area contributed by atoms with Gasteiger partial charge < -0.3 is 21.3 Å². The molecule has 5 nitrogen and oxygen atoms in total. The van der Waals surface area contributed by atoms with Crippen molar-refractivity contribution < 1.29 is 14.6 Å². The molecule has 0 heterocycles. The van der Waals surface area contributed by atoms with E-state index in [-0.39, 0.29) is 5.97 Å². The highest BCUT2D eigenvalue weighted by Gasteiger charge is 2.09. The molecule has 106 valence electrons. The molecule has 2 atom stereocenters. The molecule has 0 amide bonds. The first-order valence-electron chi connectivity index (χ1n) is 6.48. The molecule has 0 aliphatic heterocycles. The van der Waals surface area contributed by atoms with Crippen molar-refractivity contribution >= 4 is 5.97 Å². The minimum atomic E-state index is -0.995. The molecule has 5 N–H and O–H groups in total. The maximum atomic E-state index is 11.5. The number of unbranched alkanes of at least 4 members (excludes halogenated alkanes) is 1. The predicted molar refractivity (Wildman–Crippen MR) is 72.9 cm³/mol. The molecule has 0 aromatic heterocycles. The number of aliphatic hydroxyl groups excluding tert-OH is 1.